The number of nitrogens with two attached hydrogens (primary N) is 1. The van der Waals surface area contributed by atoms with Crippen LogP contribution >= 0.6 is 0 Å². The van der Waals surface area contributed by atoms with Gasteiger partial charge in [0.05, 0.1) is 0 Å². The molecule has 2 aliphatic rings. The summed E-state index contributed by atoms with van der Waals surface area (Å²) in [5, 5.41) is 8.72. The van der Waals surface area contributed by atoms with Crippen LogP contribution in [0.15, 0.2) is 23.2 Å². The first-order valence-corrected chi connectivity index (χ1v) is 9.04. The number of nitrogens with one attached hydrogen (secondary N) is 1. The molecule has 2 heterocycles. The van der Waals surface area contributed by atoms with Crippen LogP contribution in [-0.4, -0.2) is 39.1 Å². The molecule has 116 valence electrons. The van der Waals surface area contributed by atoms with Crippen molar-refractivity contribution < 1.29 is 8.42 Å². The molecule has 0 bridgehead atoms. The summed E-state index contributed by atoms with van der Waals surface area (Å²) in [6.45, 7) is 3.06. The lowest BCUT2D eigenvalue weighted by Crippen LogP contribution is -2.43. The molecule has 7 heteroatoms. The van der Waals surface area contributed by atoms with Gasteiger partial charge in [-0.25, -0.2) is 18.5 Å². The van der Waals surface area contributed by atoms with Gasteiger partial charge >= 0.3 is 0 Å². The summed E-state index contributed by atoms with van der Waals surface area (Å²) >= 11 is 0. The lowest BCUT2D eigenvalue weighted by atomic mass is 10.0. The van der Waals surface area contributed by atoms with Gasteiger partial charge in [0.2, 0.25) is 10.0 Å². The zero-order chi connectivity index (χ0) is 14.9. The average molecular weight is 310 g/mol. The topological polar surface area (TPSA) is 88.3 Å². The standard InChI is InChI=1S/C14H22N4O2S/c15-21(19,20)13-3-4-14(17-10-13)18-7-5-12(6-8-18)16-9-11-1-2-11/h3-4,10-12,16H,1-2,5-9H2,(H2,15,19,20). The first-order chi connectivity index (χ1) is 10.0. The zero-order valence-corrected chi connectivity index (χ0v) is 12.8. The summed E-state index contributed by atoms with van der Waals surface area (Å²) in [7, 11) is -3.66. The minimum atomic E-state index is -3.66. The Morgan fingerprint density at radius 1 is 1.24 bits per heavy atom. The minimum Gasteiger partial charge on any atom is -0.357 e. The Bertz CT molecular complexity index is 575. The van der Waals surface area contributed by atoms with E-state index in [0.717, 1.165) is 44.2 Å². The molecule has 0 spiro atoms. The van der Waals surface area contributed by atoms with E-state index in [-0.39, 0.29) is 4.90 Å². The van der Waals surface area contributed by atoms with Crippen LogP contribution in [0.1, 0.15) is 25.7 Å². The minimum absolute atomic E-state index is 0.0623. The Labute approximate surface area is 125 Å². The van der Waals surface area contributed by atoms with Gasteiger partial charge in [-0.3, -0.25) is 0 Å². The second kappa shape index (κ2) is 5.90. The molecule has 1 aliphatic heterocycles. The van der Waals surface area contributed by atoms with Gasteiger partial charge in [0, 0.05) is 25.3 Å². The van der Waals surface area contributed by atoms with E-state index in [0.29, 0.717) is 6.04 Å². The van der Waals surface area contributed by atoms with Crippen molar-refractivity contribution in [1.82, 2.24) is 10.3 Å². The molecule has 3 N–H and O–H groups in total. The highest BCUT2D eigenvalue weighted by Gasteiger charge is 2.24. The van der Waals surface area contributed by atoms with Crippen molar-refractivity contribution in [2.75, 3.05) is 24.5 Å². The van der Waals surface area contributed by atoms with Gasteiger partial charge in [0.25, 0.3) is 0 Å². The number of hydrogen-bond donors (Lipinski definition) is 2. The molecule has 6 nitrogen and oxygen atoms in total. The van der Waals surface area contributed by atoms with Gasteiger partial charge in [-0.1, -0.05) is 0 Å². The molecule has 0 radical (unpaired) electrons. The third kappa shape index (κ3) is 3.93. The number of sulfonamides is 1. The SMILES string of the molecule is NS(=O)(=O)c1ccc(N2CCC(NCC3CC3)CC2)nc1. The van der Waals surface area contributed by atoms with Crippen LogP contribution in [0.25, 0.3) is 0 Å². The average Bonchev–Trinajstić information content (AvgIpc) is 3.29. The highest BCUT2D eigenvalue weighted by Crippen LogP contribution is 2.28. The van der Waals surface area contributed by atoms with Gasteiger partial charge in [0.1, 0.15) is 10.7 Å². The van der Waals surface area contributed by atoms with Crippen LogP contribution in [0, 0.1) is 5.92 Å². The molecule has 1 aromatic heterocycles. The Kier molecular flexibility index (Phi) is 4.14. The summed E-state index contributed by atoms with van der Waals surface area (Å²) in [4.78, 5) is 6.48. The Hall–Kier alpha value is -1.18. The molecule has 0 amide bonds. The van der Waals surface area contributed by atoms with E-state index in [4.69, 9.17) is 5.14 Å². The second-order valence-electron chi connectivity index (χ2n) is 6.01. The Morgan fingerprint density at radius 2 is 1.95 bits per heavy atom. The van der Waals surface area contributed by atoms with Crippen molar-refractivity contribution in [3.63, 3.8) is 0 Å². The summed E-state index contributed by atoms with van der Waals surface area (Å²) in [6, 6.07) is 3.86. The molecular weight excluding hydrogens is 288 g/mol. The van der Waals surface area contributed by atoms with Gasteiger partial charge in [-0.05, 0) is 50.3 Å². The maximum atomic E-state index is 11.2. The monoisotopic (exact) mass is 310 g/mol. The van der Waals surface area contributed by atoms with E-state index in [1.807, 2.05) is 0 Å². The third-order valence-electron chi connectivity index (χ3n) is 4.26. The van der Waals surface area contributed by atoms with Crippen LogP contribution in [0.3, 0.4) is 0 Å². The number of primary sulfonamides is 1. The molecular formula is C14H22N4O2S. The summed E-state index contributed by atoms with van der Waals surface area (Å²) in [6.07, 6.45) is 6.30. The van der Waals surface area contributed by atoms with Crippen LogP contribution < -0.4 is 15.4 Å². The number of hydrogen-bond acceptors (Lipinski definition) is 5. The smallest absolute Gasteiger partial charge is 0.239 e. The van der Waals surface area contributed by atoms with Crippen molar-refractivity contribution in [2.45, 2.75) is 36.6 Å². The number of nitrogens with zero attached hydrogens (tertiary/aromatic N) is 2. The molecule has 1 saturated heterocycles. The van der Waals surface area contributed by atoms with E-state index in [9.17, 15) is 8.42 Å². The van der Waals surface area contributed by atoms with Gasteiger partial charge in [-0.2, -0.15) is 0 Å². The van der Waals surface area contributed by atoms with Crippen molar-refractivity contribution in [1.29, 1.82) is 0 Å². The fourth-order valence-electron chi connectivity index (χ4n) is 2.70. The summed E-state index contributed by atoms with van der Waals surface area (Å²) in [5.74, 6) is 1.73. The van der Waals surface area contributed by atoms with Crippen LogP contribution in [0.5, 0.6) is 0 Å². The number of anilines is 1. The fraction of sp³-hybridized carbons (Fsp3) is 0.643. The van der Waals surface area contributed by atoms with Gasteiger partial charge < -0.3 is 10.2 Å². The number of piperidine rings is 1. The predicted octanol–water partition coefficient (Wildman–Crippen LogP) is 0.697. The van der Waals surface area contributed by atoms with Crippen LogP contribution in [-0.2, 0) is 10.0 Å². The summed E-state index contributed by atoms with van der Waals surface area (Å²) < 4.78 is 22.4. The Morgan fingerprint density at radius 3 is 2.48 bits per heavy atom. The van der Waals surface area contributed by atoms with Crippen molar-refractivity contribution in [3.8, 4) is 0 Å². The number of aromatic nitrogens is 1. The lowest BCUT2D eigenvalue weighted by Gasteiger charge is -2.33. The van der Waals surface area contributed by atoms with E-state index in [1.165, 1.54) is 25.1 Å². The van der Waals surface area contributed by atoms with Gasteiger partial charge in [0.15, 0.2) is 0 Å². The van der Waals surface area contributed by atoms with Crippen LogP contribution in [0.4, 0.5) is 5.82 Å². The predicted molar refractivity (Wildman–Crippen MR) is 81.6 cm³/mol. The third-order valence-corrected chi connectivity index (χ3v) is 5.16. The quantitative estimate of drug-likeness (QED) is 0.835. The molecule has 2 fully saturated rings. The molecule has 1 aliphatic carbocycles. The molecule has 21 heavy (non-hydrogen) atoms. The summed E-state index contributed by atoms with van der Waals surface area (Å²) in [5.41, 5.74) is 0. The van der Waals surface area contributed by atoms with Crippen LogP contribution in [0.2, 0.25) is 0 Å². The second-order valence-corrected chi connectivity index (χ2v) is 7.57. The molecule has 1 aromatic rings. The Balaban J connectivity index is 1.53. The molecule has 0 aromatic carbocycles. The van der Waals surface area contributed by atoms with Crippen molar-refractivity contribution in [2.24, 2.45) is 11.1 Å². The van der Waals surface area contributed by atoms with E-state index in [2.05, 4.69) is 15.2 Å². The zero-order valence-electron chi connectivity index (χ0n) is 12.0. The highest BCUT2D eigenvalue weighted by molar-refractivity contribution is 7.89. The lowest BCUT2D eigenvalue weighted by molar-refractivity contribution is 0.407. The number of pyridine rings is 1. The normalized spacial score (nSPS) is 20.7. The highest BCUT2D eigenvalue weighted by atomic mass is 32.2. The maximum absolute atomic E-state index is 11.2. The van der Waals surface area contributed by atoms with E-state index >= 15 is 0 Å². The van der Waals surface area contributed by atoms with Gasteiger partial charge in [-0.15, -0.1) is 0 Å². The maximum Gasteiger partial charge on any atom is 0.239 e. The first-order valence-electron chi connectivity index (χ1n) is 7.49. The van der Waals surface area contributed by atoms with E-state index < -0.39 is 10.0 Å². The van der Waals surface area contributed by atoms with Crippen molar-refractivity contribution in [3.05, 3.63) is 18.3 Å². The largest absolute Gasteiger partial charge is 0.357 e. The van der Waals surface area contributed by atoms with Crippen molar-refractivity contribution >= 4 is 15.8 Å². The molecule has 3 rings (SSSR count). The first kappa shape index (κ1) is 14.7. The molecule has 0 atom stereocenters. The molecule has 1 saturated carbocycles. The fourth-order valence-corrected chi connectivity index (χ4v) is 3.15. The molecule has 0 unspecified atom stereocenters. The van der Waals surface area contributed by atoms with E-state index in [1.54, 1.807) is 6.07 Å². The number of rotatable bonds is 5.